The molecular formula is C18H26F3N3O2. The number of amides is 1. The lowest BCUT2D eigenvalue weighted by Crippen LogP contribution is -2.46. The van der Waals surface area contributed by atoms with Crippen LogP contribution in [0, 0.1) is 5.41 Å². The maximum atomic E-state index is 13.0. The Bertz CT molecular complexity index is 659. The van der Waals surface area contributed by atoms with Crippen LogP contribution in [-0.2, 0) is 11.0 Å². The fraction of sp³-hybridized carbons (Fsp3) is 0.667. The Balaban J connectivity index is 2.00. The number of nitrogens with zero attached hydrogens (tertiary/aromatic N) is 2. The summed E-state index contributed by atoms with van der Waals surface area (Å²) in [6.45, 7) is 8.02. The van der Waals surface area contributed by atoms with E-state index in [9.17, 15) is 18.0 Å². The van der Waals surface area contributed by atoms with Crippen molar-refractivity contribution in [3.05, 3.63) is 23.9 Å². The van der Waals surface area contributed by atoms with E-state index in [2.05, 4.69) is 29.0 Å². The van der Waals surface area contributed by atoms with Crippen molar-refractivity contribution in [3.8, 4) is 5.88 Å². The third kappa shape index (κ3) is 4.66. The Hall–Kier alpha value is -1.83. The van der Waals surface area contributed by atoms with Crippen molar-refractivity contribution in [3.63, 3.8) is 0 Å². The molecule has 1 aromatic heterocycles. The van der Waals surface area contributed by atoms with Gasteiger partial charge in [0, 0.05) is 24.3 Å². The SMILES string of the molecule is CN1CC(NC(=O)C(C)(C)COc2ncccc2C(F)(F)F)CC1(C)C. The molecule has 1 aliphatic rings. The van der Waals surface area contributed by atoms with Crippen LogP contribution < -0.4 is 10.1 Å². The highest BCUT2D eigenvalue weighted by Gasteiger charge is 2.40. The second kappa shape index (κ2) is 7.06. The lowest BCUT2D eigenvalue weighted by atomic mass is 9.92. The molecule has 1 N–H and O–H groups in total. The van der Waals surface area contributed by atoms with Gasteiger partial charge in [0.2, 0.25) is 11.8 Å². The smallest absolute Gasteiger partial charge is 0.421 e. The van der Waals surface area contributed by atoms with Crippen LogP contribution >= 0.6 is 0 Å². The molecule has 1 aromatic rings. The largest absolute Gasteiger partial charge is 0.476 e. The molecule has 0 aliphatic carbocycles. The predicted molar refractivity (Wildman–Crippen MR) is 91.8 cm³/mol. The first-order valence-corrected chi connectivity index (χ1v) is 8.50. The van der Waals surface area contributed by atoms with Gasteiger partial charge in [-0.3, -0.25) is 9.69 Å². The number of likely N-dealkylation sites (N-methyl/N-ethyl adjacent to an activating group) is 1. The molecule has 1 fully saturated rings. The lowest BCUT2D eigenvalue weighted by Gasteiger charge is -2.27. The molecule has 1 unspecified atom stereocenters. The summed E-state index contributed by atoms with van der Waals surface area (Å²) in [5, 5.41) is 2.98. The highest BCUT2D eigenvalue weighted by atomic mass is 19.4. The topological polar surface area (TPSA) is 54.5 Å². The van der Waals surface area contributed by atoms with E-state index >= 15 is 0 Å². The average molecular weight is 373 g/mol. The summed E-state index contributed by atoms with van der Waals surface area (Å²) in [6.07, 6.45) is -2.52. The molecule has 0 spiro atoms. The van der Waals surface area contributed by atoms with Gasteiger partial charge in [-0.15, -0.1) is 0 Å². The molecule has 1 saturated heterocycles. The van der Waals surface area contributed by atoms with Crippen LogP contribution in [0.4, 0.5) is 13.2 Å². The third-order valence-electron chi connectivity index (χ3n) is 4.87. The van der Waals surface area contributed by atoms with E-state index < -0.39 is 23.0 Å². The number of halogens is 3. The molecule has 0 radical (unpaired) electrons. The number of ether oxygens (including phenoxy) is 1. The number of aromatic nitrogens is 1. The van der Waals surface area contributed by atoms with Crippen molar-refractivity contribution >= 4 is 5.91 Å². The normalized spacial score (nSPS) is 20.8. The molecule has 146 valence electrons. The molecule has 2 rings (SSSR count). The van der Waals surface area contributed by atoms with E-state index in [1.54, 1.807) is 13.8 Å². The minimum atomic E-state index is -4.56. The van der Waals surface area contributed by atoms with Crippen LogP contribution in [-0.4, -0.2) is 47.6 Å². The van der Waals surface area contributed by atoms with Crippen LogP contribution in [0.5, 0.6) is 5.88 Å². The number of hydrogen-bond donors (Lipinski definition) is 1. The van der Waals surface area contributed by atoms with Crippen LogP contribution in [0.1, 0.15) is 39.7 Å². The highest BCUT2D eigenvalue weighted by molar-refractivity contribution is 5.82. The number of carbonyl (C=O) groups excluding carboxylic acids is 1. The minimum Gasteiger partial charge on any atom is -0.476 e. The van der Waals surface area contributed by atoms with Gasteiger partial charge in [0.25, 0.3) is 0 Å². The Morgan fingerprint density at radius 2 is 2.08 bits per heavy atom. The molecule has 0 aromatic carbocycles. The molecule has 1 amide bonds. The van der Waals surface area contributed by atoms with E-state index in [0.29, 0.717) is 0 Å². The number of hydrogen-bond acceptors (Lipinski definition) is 4. The van der Waals surface area contributed by atoms with Gasteiger partial charge in [-0.25, -0.2) is 4.98 Å². The van der Waals surface area contributed by atoms with E-state index in [0.717, 1.165) is 19.0 Å². The summed E-state index contributed by atoms with van der Waals surface area (Å²) < 4.78 is 44.3. The first kappa shape index (κ1) is 20.5. The van der Waals surface area contributed by atoms with Crippen molar-refractivity contribution in [2.24, 2.45) is 5.41 Å². The van der Waals surface area contributed by atoms with Crippen molar-refractivity contribution < 1.29 is 22.7 Å². The third-order valence-corrected chi connectivity index (χ3v) is 4.87. The number of alkyl halides is 3. The van der Waals surface area contributed by atoms with Crippen molar-refractivity contribution in [2.75, 3.05) is 20.2 Å². The molecule has 0 bridgehead atoms. The Morgan fingerprint density at radius 1 is 1.42 bits per heavy atom. The van der Waals surface area contributed by atoms with E-state index in [4.69, 9.17) is 4.74 Å². The number of rotatable bonds is 5. The summed E-state index contributed by atoms with van der Waals surface area (Å²) in [6, 6.07) is 2.11. The van der Waals surface area contributed by atoms with Crippen molar-refractivity contribution in [1.82, 2.24) is 15.2 Å². The van der Waals surface area contributed by atoms with Crippen molar-refractivity contribution in [1.29, 1.82) is 0 Å². The highest BCUT2D eigenvalue weighted by Crippen LogP contribution is 2.35. The van der Waals surface area contributed by atoms with Gasteiger partial charge in [-0.1, -0.05) is 0 Å². The molecule has 2 heterocycles. The summed E-state index contributed by atoms with van der Waals surface area (Å²) in [5.41, 5.74) is -1.95. The second-order valence-corrected chi connectivity index (χ2v) is 8.09. The van der Waals surface area contributed by atoms with Gasteiger partial charge in [-0.05, 0) is 53.3 Å². The van der Waals surface area contributed by atoms with Gasteiger partial charge in [0.05, 0.1) is 5.41 Å². The molecule has 5 nitrogen and oxygen atoms in total. The quantitative estimate of drug-likeness (QED) is 0.862. The maximum Gasteiger partial charge on any atom is 0.421 e. The lowest BCUT2D eigenvalue weighted by molar-refractivity contribution is -0.139. The van der Waals surface area contributed by atoms with Gasteiger partial charge >= 0.3 is 6.18 Å². The van der Waals surface area contributed by atoms with Crippen LogP contribution in [0.2, 0.25) is 0 Å². The maximum absolute atomic E-state index is 13.0. The summed E-state index contributed by atoms with van der Waals surface area (Å²) in [5.74, 6) is -0.763. The summed E-state index contributed by atoms with van der Waals surface area (Å²) in [7, 11) is 2.00. The zero-order chi connectivity index (χ0) is 19.8. The van der Waals surface area contributed by atoms with Crippen LogP contribution in [0.15, 0.2) is 18.3 Å². The zero-order valence-corrected chi connectivity index (χ0v) is 15.8. The second-order valence-electron chi connectivity index (χ2n) is 8.09. The summed E-state index contributed by atoms with van der Waals surface area (Å²) >= 11 is 0. The van der Waals surface area contributed by atoms with E-state index in [1.165, 1.54) is 12.3 Å². The van der Waals surface area contributed by atoms with Crippen LogP contribution in [0.25, 0.3) is 0 Å². The van der Waals surface area contributed by atoms with Gasteiger partial charge < -0.3 is 10.1 Å². The van der Waals surface area contributed by atoms with E-state index in [-0.39, 0.29) is 24.1 Å². The Kier molecular flexibility index (Phi) is 5.56. The standard InChI is InChI=1S/C18H26F3N3O2/c1-16(2,15(25)23-12-9-17(3,4)24(5)10-12)11-26-14-13(18(19,20)21)7-6-8-22-14/h6-8,12H,9-11H2,1-5H3,(H,23,25). The average Bonchev–Trinajstić information content (AvgIpc) is 2.77. The number of pyridine rings is 1. The summed E-state index contributed by atoms with van der Waals surface area (Å²) in [4.78, 5) is 18.4. The molecule has 1 atom stereocenters. The van der Waals surface area contributed by atoms with Crippen molar-refractivity contribution in [2.45, 2.75) is 51.9 Å². The van der Waals surface area contributed by atoms with Gasteiger partial charge in [-0.2, -0.15) is 13.2 Å². The molecule has 26 heavy (non-hydrogen) atoms. The monoisotopic (exact) mass is 373 g/mol. The Labute approximate surface area is 151 Å². The predicted octanol–water partition coefficient (Wildman–Crippen LogP) is 3.10. The number of nitrogens with one attached hydrogen (secondary N) is 1. The molecular weight excluding hydrogens is 347 g/mol. The zero-order valence-electron chi connectivity index (χ0n) is 15.8. The molecule has 0 saturated carbocycles. The number of likely N-dealkylation sites (tertiary alicyclic amines) is 1. The minimum absolute atomic E-state index is 0.00219. The van der Waals surface area contributed by atoms with Gasteiger partial charge in [0.1, 0.15) is 12.2 Å². The Morgan fingerprint density at radius 3 is 2.62 bits per heavy atom. The van der Waals surface area contributed by atoms with Gasteiger partial charge in [0.15, 0.2) is 0 Å². The van der Waals surface area contributed by atoms with Crippen LogP contribution in [0.3, 0.4) is 0 Å². The molecule has 8 heteroatoms. The van der Waals surface area contributed by atoms with E-state index in [1.807, 2.05) is 7.05 Å². The molecule has 1 aliphatic heterocycles. The fourth-order valence-corrected chi connectivity index (χ4v) is 2.91. The first-order chi connectivity index (χ1) is 11.8. The first-order valence-electron chi connectivity index (χ1n) is 8.50. The fourth-order valence-electron chi connectivity index (χ4n) is 2.91. The number of carbonyl (C=O) groups is 1.